The third-order valence-corrected chi connectivity index (χ3v) is 4.02. The zero-order valence-corrected chi connectivity index (χ0v) is 16.7. The number of hydrogen-bond acceptors (Lipinski definition) is 7. The average molecular weight is 403 g/mol. The molecule has 1 saturated heterocycles. The average Bonchev–Trinajstić information content (AvgIpc) is 3.06. The molecular weight excluding hydrogens is 378 g/mol. The van der Waals surface area contributed by atoms with E-state index in [9.17, 15) is 9.59 Å². The lowest BCUT2D eigenvalue weighted by atomic mass is 10.2. The predicted molar refractivity (Wildman–Crippen MR) is 104 cm³/mol. The number of pyridine rings is 1. The molecule has 10 nitrogen and oxygen atoms in total. The summed E-state index contributed by atoms with van der Waals surface area (Å²) in [7, 11) is 0. The van der Waals surface area contributed by atoms with E-state index in [2.05, 4.69) is 15.4 Å². The van der Waals surface area contributed by atoms with E-state index in [0.717, 1.165) is 0 Å². The first-order valence-corrected chi connectivity index (χ1v) is 9.27. The number of nitrogens with one attached hydrogen (secondary N) is 1. The van der Waals surface area contributed by atoms with E-state index in [-0.39, 0.29) is 18.7 Å². The molecule has 156 valence electrons. The van der Waals surface area contributed by atoms with Crippen molar-refractivity contribution in [2.45, 2.75) is 39.0 Å². The van der Waals surface area contributed by atoms with Gasteiger partial charge in [-0.1, -0.05) is 6.07 Å². The highest BCUT2D eigenvalue weighted by Crippen LogP contribution is 2.24. The number of ether oxygens (including phenoxy) is 2. The van der Waals surface area contributed by atoms with Crippen molar-refractivity contribution in [2.75, 3.05) is 25.0 Å². The van der Waals surface area contributed by atoms with Gasteiger partial charge in [0.25, 0.3) is 0 Å². The summed E-state index contributed by atoms with van der Waals surface area (Å²) in [5, 5.41) is 15.9. The van der Waals surface area contributed by atoms with E-state index in [1.807, 2.05) is 32.9 Å². The summed E-state index contributed by atoms with van der Waals surface area (Å²) in [5.74, 6) is -0.404. The maximum absolute atomic E-state index is 12.3. The van der Waals surface area contributed by atoms with Crippen LogP contribution in [0.25, 0.3) is 0 Å². The molecule has 1 atom stereocenters. The Morgan fingerprint density at radius 1 is 1.38 bits per heavy atom. The van der Waals surface area contributed by atoms with Crippen LogP contribution in [-0.4, -0.2) is 62.1 Å². The number of nitrogens with zero attached hydrogens (tertiary/aromatic N) is 4. The number of carbonyl (C=O) groups is 2. The van der Waals surface area contributed by atoms with Gasteiger partial charge in [0.2, 0.25) is 0 Å². The van der Waals surface area contributed by atoms with Crippen LogP contribution in [0.15, 0.2) is 30.6 Å². The lowest BCUT2D eigenvalue weighted by Crippen LogP contribution is -2.44. The third kappa shape index (κ3) is 5.92. The number of amides is 1. The van der Waals surface area contributed by atoms with Crippen molar-refractivity contribution in [3.05, 3.63) is 36.3 Å². The number of aliphatic carboxylic acids is 1. The fourth-order valence-corrected chi connectivity index (χ4v) is 2.82. The van der Waals surface area contributed by atoms with Crippen LogP contribution in [0.4, 0.5) is 16.3 Å². The van der Waals surface area contributed by atoms with Gasteiger partial charge in [0.1, 0.15) is 24.1 Å². The first-order valence-electron chi connectivity index (χ1n) is 9.27. The third-order valence-electron chi connectivity index (χ3n) is 4.02. The van der Waals surface area contributed by atoms with Gasteiger partial charge in [0, 0.05) is 12.7 Å². The second kappa shape index (κ2) is 8.48. The molecule has 0 aliphatic carbocycles. The van der Waals surface area contributed by atoms with Gasteiger partial charge in [-0.15, -0.1) is 0 Å². The van der Waals surface area contributed by atoms with Gasteiger partial charge in [0.15, 0.2) is 0 Å². The number of aromatic nitrogens is 3. The van der Waals surface area contributed by atoms with Crippen molar-refractivity contribution in [2.24, 2.45) is 0 Å². The summed E-state index contributed by atoms with van der Waals surface area (Å²) in [6, 6.07) is 5.46. The Morgan fingerprint density at radius 2 is 2.17 bits per heavy atom. The van der Waals surface area contributed by atoms with Gasteiger partial charge in [-0.05, 0) is 32.9 Å². The molecule has 29 heavy (non-hydrogen) atoms. The van der Waals surface area contributed by atoms with Crippen molar-refractivity contribution < 1.29 is 24.2 Å². The number of hydrogen-bond donors (Lipinski definition) is 2. The smallest absolute Gasteiger partial charge is 0.410 e. The molecule has 1 unspecified atom stereocenters. The fraction of sp³-hybridized carbons (Fsp3) is 0.474. The highest BCUT2D eigenvalue weighted by Gasteiger charge is 2.29. The van der Waals surface area contributed by atoms with Crippen molar-refractivity contribution in [3.63, 3.8) is 0 Å². The molecular formula is C19H25N5O5. The number of rotatable bonds is 5. The van der Waals surface area contributed by atoms with Crippen LogP contribution in [0.5, 0.6) is 0 Å². The molecule has 2 N–H and O–H groups in total. The summed E-state index contributed by atoms with van der Waals surface area (Å²) < 4.78 is 12.6. The zero-order valence-electron chi connectivity index (χ0n) is 16.7. The molecule has 1 amide bonds. The Kier molecular flexibility index (Phi) is 6.02. The zero-order chi connectivity index (χ0) is 21.0. The molecule has 1 aliphatic heterocycles. The molecule has 1 fully saturated rings. The van der Waals surface area contributed by atoms with Crippen LogP contribution in [0.1, 0.15) is 32.6 Å². The quantitative estimate of drug-likeness (QED) is 0.781. The standard InChI is InChI=1S/C19H25N5O5/c1-19(2,3)29-18(27)23-7-8-28-15(11-23)14-5-4-6-16(22-14)21-13-9-20-24(10-13)12-17(25)26/h4-6,9-10,15H,7-8,11-12H2,1-3H3,(H,21,22)(H,25,26). The van der Waals surface area contributed by atoms with E-state index in [1.54, 1.807) is 17.2 Å². The first kappa shape index (κ1) is 20.6. The van der Waals surface area contributed by atoms with Crippen molar-refractivity contribution in [3.8, 4) is 0 Å². The molecule has 2 aromatic heterocycles. The Balaban J connectivity index is 1.66. The van der Waals surface area contributed by atoms with E-state index >= 15 is 0 Å². The fourth-order valence-electron chi connectivity index (χ4n) is 2.82. The number of anilines is 2. The number of morpholine rings is 1. The molecule has 1 aliphatic rings. The van der Waals surface area contributed by atoms with Gasteiger partial charge >= 0.3 is 12.1 Å². The van der Waals surface area contributed by atoms with Gasteiger partial charge in [-0.25, -0.2) is 9.78 Å². The molecule has 0 spiro atoms. The lowest BCUT2D eigenvalue weighted by molar-refractivity contribution is -0.137. The Bertz CT molecular complexity index is 876. The summed E-state index contributed by atoms with van der Waals surface area (Å²) in [4.78, 5) is 29.3. The van der Waals surface area contributed by atoms with E-state index in [4.69, 9.17) is 14.6 Å². The second-order valence-electron chi connectivity index (χ2n) is 7.68. The van der Waals surface area contributed by atoms with E-state index in [1.165, 1.54) is 10.9 Å². The maximum atomic E-state index is 12.3. The normalized spacial score (nSPS) is 17.1. The summed E-state index contributed by atoms with van der Waals surface area (Å²) in [6.45, 7) is 6.49. The SMILES string of the molecule is CC(C)(C)OC(=O)N1CCOC(c2cccc(Nc3cnn(CC(=O)O)c3)n2)C1. The van der Waals surface area contributed by atoms with Crippen LogP contribution < -0.4 is 5.32 Å². The van der Waals surface area contributed by atoms with Crippen molar-refractivity contribution in [1.82, 2.24) is 19.7 Å². The van der Waals surface area contributed by atoms with Crippen LogP contribution in [0.2, 0.25) is 0 Å². The number of carboxylic acid groups (broad SMARTS) is 1. The molecule has 3 rings (SSSR count). The summed E-state index contributed by atoms with van der Waals surface area (Å²) in [5.41, 5.74) is 0.745. The lowest BCUT2D eigenvalue weighted by Gasteiger charge is -2.34. The highest BCUT2D eigenvalue weighted by atomic mass is 16.6. The van der Waals surface area contributed by atoms with Crippen molar-refractivity contribution >= 4 is 23.6 Å². The van der Waals surface area contributed by atoms with Gasteiger partial charge < -0.3 is 24.8 Å². The highest BCUT2D eigenvalue weighted by molar-refractivity contribution is 5.68. The van der Waals surface area contributed by atoms with Crippen molar-refractivity contribution in [1.29, 1.82) is 0 Å². The van der Waals surface area contributed by atoms with E-state index in [0.29, 0.717) is 36.9 Å². The topological polar surface area (TPSA) is 119 Å². The Labute approximate surface area is 168 Å². The van der Waals surface area contributed by atoms with E-state index < -0.39 is 11.6 Å². The minimum atomic E-state index is -0.969. The van der Waals surface area contributed by atoms with Gasteiger partial charge in [-0.3, -0.25) is 9.48 Å². The van der Waals surface area contributed by atoms with Crippen LogP contribution in [0, 0.1) is 0 Å². The predicted octanol–water partition coefficient (Wildman–Crippen LogP) is 2.41. The second-order valence-corrected chi connectivity index (χ2v) is 7.68. The first-order chi connectivity index (χ1) is 13.7. The summed E-state index contributed by atoms with van der Waals surface area (Å²) in [6.07, 6.45) is 2.38. The molecule has 10 heteroatoms. The van der Waals surface area contributed by atoms with Crippen LogP contribution in [0.3, 0.4) is 0 Å². The maximum Gasteiger partial charge on any atom is 0.410 e. The molecule has 3 heterocycles. The number of carboxylic acids is 1. The minimum Gasteiger partial charge on any atom is -0.480 e. The Hall–Kier alpha value is -3.14. The molecule has 0 saturated carbocycles. The molecule has 0 bridgehead atoms. The molecule has 0 aromatic carbocycles. The number of carbonyl (C=O) groups excluding carboxylic acids is 1. The molecule has 0 radical (unpaired) electrons. The monoisotopic (exact) mass is 403 g/mol. The van der Waals surface area contributed by atoms with Crippen LogP contribution in [-0.2, 0) is 20.8 Å². The minimum absolute atomic E-state index is 0.217. The largest absolute Gasteiger partial charge is 0.480 e. The van der Waals surface area contributed by atoms with Crippen LogP contribution >= 0.6 is 0 Å². The van der Waals surface area contributed by atoms with Gasteiger partial charge in [-0.2, -0.15) is 5.10 Å². The Morgan fingerprint density at radius 3 is 2.90 bits per heavy atom. The summed E-state index contributed by atoms with van der Waals surface area (Å²) >= 11 is 0. The molecule has 2 aromatic rings. The van der Waals surface area contributed by atoms with Gasteiger partial charge in [0.05, 0.1) is 30.7 Å².